The van der Waals surface area contributed by atoms with Gasteiger partial charge in [0.05, 0.1) is 19.7 Å². The highest BCUT2D eigenvalue weighted by atomic mass is 16.5. The summed E-state index contributed by atoms with van der Waals surface area (Å²) in [6, 6.07) is 16.3. The average molecular weight is 438 g/mol. The minimum absolute atomic E-state index is 0.0789. The van der Waals surface area contributed by atoms with Gasteiger partial charge in [-0.15, -0.1) is 0 Å². The molecule has 3 rings (SSSR count). The predicted molar refractivity (Wildman–Crippen MR) is 125 cm³/mol. The summed E-state index contributed by atoms with van der Waals surface area (Å²) in [7, 11) is 5.25. The van der Waals surface area contributed by atoms with Gasteiger partial charge in [0, 0.05) is 32.5 Å². The van der Waals surface area contributed by atoms with Crippen molar-refractivity contribution in [3.63, 3.8) is 0 Å². The van der Waals surface area contributed by atoms with E-state index in [4.69, 9.17) is 10.5 Å². The Morgan fingerprint density at radius 2 is 1.81 bits per heavy atom. The third kappa shape index (κ3) is 4.89. The van der Waals surface area contributed by atoms with Crippen LogP contribution in [-0.4, -0.2) is 43.3 Å². The Bertz CT molecular complexity index is 1200. The summed E-state index contributed by atoms with van der Waals surface area (Å²) in [5.74, 6) is -0.504. The number of hydrogen-bond acceptors (Lipinski definition) is 6. The number of hydrogen-bond donors (Lipinski definition) is 2. The maximum Gasteiger partial charge on any atom is 0.330 e. The molecule has 0 spiro atoms. The molecule has 0 aliphatic carbocycles. The van der Waals surface area contributed by atoms with Gasteiger partial charge in [-0.1, -0.05) is 36.4 Å². The lowest BCUT2D eigenvalue weighted by atomic mass is 10.1. The maximum absolute atomic E-state index is 13.6. The summed E-state index contributed by atoms with van der Waals surface area (Å²) in [6.07, 6.45) is 0. The molecule has 3 aromatic rings. The first kappa shape index (κ1) is 22.8. The number of benzene rings is 2. The fourth-order valence-electron chi connectivity index (χ4n) is 3.33. The Hall–Kier alpha value is -3.85. The van der Waals surface area contributed by atoms with E-state index in [0.29, 0.717) is 5.56 Å². The SMILES string of the molecule is COCCn1c(N)c(N(Cc2ccccc2)C(=O)c2cccc(N(C)C)c2)c(=O)[nH]c1=O. The van der Waals surface area contributed by atoms with Crippen molar-refractivity contribution in [2.75, 3.05) is 43.3 Å². The van der Waals surface area contributed by atoms with Gasteiger partial charge in [0.25, 0.3) is 11.5 Å². The van der Waals surface area contributed by atoms with Gasteiger partial charge in [-0.3, -0.25) is 24.0 Å². The minimum atomic E-state index is -0.728. The molecule has 0 radical (unpaired) electrons. The number of nitrogens with one attached hydrogen (secondary N) is 1. The van der Waals surface area contributed by atoms with Crippen LogP contribution in [0.25, 0.3) is 0 Å². The summed E-state index contributed by atoms with van der Waals surface area (Å²) < 4.78 is 6.24. The Labute approximate surface area is 185 Å². The summed E-state index contributed by atoms with van der Waals surface area (Å²) >= 11 is 0. The molecule has 0 fully saturated rings. The van der Waals surface area contributed by atoms with Crippen molar-refractivity contribution in [2.24, 2.45) is 0 Å². The molecular weight excluding hydrogens is 410 g/mol. The average Bonchev–Trinajstić information content (AvgIpc) is 2.78. The topological polar surface area (TPSA) is 114 Å². The first-order valence-electron chi connectivity index (χ1n) is 10.1. The Kier molecular flexibility index (Phi) is 7.11. The summed E-state index contributed by atoms with van der Waals surface area (Å²) in [5.41, 5.74) is 6.82. The third-order valence-corrected chi connectivity index (χ3v) is 5.04. The first-order valence-corrected chi connectivity index (χ1v) is 10.1. The maximum atomic E-state index is 13.6. The van der Waals surface area contributed by atoms with Gasteiger partial charge < -0.3 is 15.4 Å². The number of nitrogen functional groups attached to an aromatic ring is 1. The third-order valence-electron chi connectivity index (χ3n) is 5.04. The van der Waals surface area contributed by atoms with Crippen molar-refractivity contribution in [1.29, 1.82) is 0 Å². The van der Waals surface area contributed by atoms with Crippen LogP contribution in [0.3, 0.4) is 0 Å². The van der Waals surface area contributed by atoms with Crippen LogP contribution in [0.4, 0.5) is 17.2 Å². The molecule has 168 valence electrons. The van der Waals surface area contributed by atoms with Gasteiger partial charge in [0.15, 0.2) is 5.69 Å². The van der Waals surface area contributed by atoms with Gasteiger partial charge in [-0.2, -0.15) is 0 Å². The van der Waals surface area contributed by atoms with E-state index < -0.39 is 17.2 Å². The van der Waals surface area contributed by atoms with Gasteiger partial charge >= 0.3 is 5.69 Å². The number of carbonyl (C=O) groups is 1. The number of rotatable bonds is 8. The van der Waals surface area contributed by atoms with Crippen molar-refractivity contribution in [3.05, 3.63) is 86.6 Å². The van der Waals surface area contributed by atoms with Crippen LogP contribution in [-0.2, 0) is 17.8 Å². The molecule has 0 aliphatic heterocycles. The Morgan fingerprint density at radius 3 is 2.47 bits per heavy atom. The second-order valence-electron chi connectivity index (χ2n) is 7.46. The molecule has 2 aromatic carbocycles. The molecule has 9 heteroatoms. The number of nitrogens with zero attached hydrogens (tertiary/aromatic N) is 3. The summed E-state index contributed by atoms with van der Waals surface area (Å²) in [6.45, 7) is 0.448. The van der Waals surface area contributed by atoms with Crippen LogP contribution < -0.4 is 26.8 Å². The van der Waals surface area contributed by atoms with Crippen LogP contribution in [0.5, 0.6) is 0 Å². The molecule has 0 bridgehead atoms. The molecule has 0 saturated heterocycles. The van der Waals surface area contributed by atoms with Crippen molar-refractivity contribution in [3.8, 4) is 0 Å². The molecule has 32 heavy (non-hydrogen) atoms. The number of aromatic amines is 1. The highest BCUT2D eigenvalue weighted by Gasteiger charge is 2.26. The largest absolute Gasteiger partial charge is 0.383 e. The summed E-state index contributed by atoms with van der Waals surface area (Å²) in [4.78, 5) is 44.3. The quantitative estimate of drug-likeness (QED) is 0.554. The van der Waals surface area contributed by atoms with Crippen molar-refractivity contribution in [2.45, 2.75) is 13.1 Å². The van der Waals surface area contributed by atoms with E-state index in [-0.39, 0.29) is 31.2 Å². The number of ether oxygens (including phenoxy) is 1. The van der Waals surface area contributed by atoms with Crippen molar-refractivity contribution in [1.82, 2.24) is 9.55 Å². The number of H-pyrrole nitrogens is 1. The molecule has 1 amide bonds. The second-order valence-corrected chi connectivity index (χ2v) is 7.46. The number of nitrogens with two attached hydrogens (primary N) is 1. The zero-order valence-electron chi connectivity index (χ0n) is 18.4. The van der Waals surface area contributed by atoms with Gasteiger partial charge in [-0.25, -0.2) is 4.79 Å². The van der Waals surface area contributed by atoms with Gasteiger partial charge in [0.1, 0.15) is 5.82 Å². The Balaban J connectivity index is 2.16. The lowest BCUT2D eigenvalue weighted by molar-refractivity contribution is 0.0984. The molecule has 0 atom stereocenters. The zero-order valence-corrected chi connectivity index (χ0v) is 18.4. The summed E-state index contributed by atoms with van der Waals surface area (Å²) in [5, 5.41) is 0. The number of amides is 1. The lowest BCUT2D eigenvalue weighted by Gasteiger charge is -2.25. The molecule has 0 saturated carbocycles. The minimum Gasteiger partial charge on any atom is -0.383 e. The van der Waals surface area contributed by atoms with E-state index in [1.807, 2.05) is 55.4 Å². The van der Waals surface area contributed by atoms with Crippen LogP contribution in [0.15, 0.2) is 64.2 Å². The van der Waals surface area contributed by atoms with Crippen molar-refractivity contribution < 1.29 is 9.53 Å². The van der Waals surface area contributed by atoms with Gasteiger partial charge in [-0.05, 0) is 23.8 Å². The van der Waals surface area contributed by atoms with Crippen LogP contribution in [0, 0.1) is 0 Å². The standard InChI is InChI=1S/C23H27N5O4/c1-26(2)18-11-7-10-17(14-18)22(30)28(15-16-8-5-4-6-9-16)19-20(24)27(12-13-32-3)23(31)25-21(19)29/h4-11,14H,12-13,15,24H2,1-3H3,(H,25,29,31). The van der Waals surface area contributed by atoms with E-state index in [9.17, 15) is 14.4 Å². The van der Waals surface area contributed by atoms with Crippen LogP contribution in [0.1, 0.15) is 15.9 Å². The van der Waals surface area contributed by atoms with E-state index in [0.717, 1.165) is 11.3 Å². The normalized spacial score (nSPS) is 10.7. The molecular formula is C23H27N5O4. The Morgan fingerprint density at radius 1 is 1.09 bits per heavy atom. The number of methoxy groups -OCH3 is 1. The highest BCUT2D eigenvalue weighted by Crippen LogP contribution is 2.23. The van der Waals surface area contributed by atoms with Crippen LogP contribution >= 0.6 is 0 Å². The monoisotopic (exact) mass is 437 g/mol. The number of carbonyl (C=O) groups excluding carboxylic acids is 1. The number of aromatic nitrogens is 2. The molecule has 0 unspecified atom stereocenters. The van der Waals surface area contributed by atoms with Crippen molar-refractivity contribution >= 4 is 23.1 Å². The second kappa shape index (κ2) is 9.97. The number of anilines is 3. The molecule has 1 aromatic heterocycles. The fourth-order valence-corrected chi connectivity index (χ4v) is 3.33. The molecule has 9 nitrogen and oxygen atoms in total. The van der Waals surface area contributed by atoms with E-state index in [1.54, 1.807) is 18.2 Å². The molecule has 1 heterocycles. The first-order chi connectivity index (χ1) is 15.3. The van der Waals surface area contributed by atoms with Gasteiger partial charge in [0.2, 0.25) is 0 Å². The van der Waals surface area contributed by atoms with E-state index >= 15 is 0 Å². The fraction of sp³-hybridized carbons (Fsp3) is 0.261. The molecule has 3 N–H and O–H groups in total. The lowest BCUT2D eigenvalue weighted by Crippen LogP contribution is -2.41. The molecule has 0 aliphatic rings. The van der Waals surface area contributed by atoms with E-state index in [1.165, 1.54) is 16.6 Å². The highest BCUT2D eigenvalue weighted by molar-refractivity contribution is 6.07. The van der Waals surface area contributed by atoms with Crippen LogP contribution in [0.2, 0.25) is 0 Å². The zero-order chi connectivity index (χ0) is 23.3. The van der Waals surface area contributed by atoms with E-state index in [2.05, 4.69) is 4.98 Å². The predicted octanol–water partition coefficient (Wildman–Crippen LogP) is 1.68. The smallest absolute Gasteiger partial charge is 0.330 e.